The number of rotatable bonds is 6. The number of hydrogen-bond donors (Lipinski definition) is 0. The van der Waals surface area contributed by atoms with Gasteiger partial charge in [0.15, 0.2) is 23.8 Å². The minimum atomic E-state index is -0.876. The van der Waals surface area contributed by atoms with Gasteiger partial charge in [0, 0.05) is 39.0 Å². The zero-order chi connectivity index (χ0) is 16.0. The standard InChI is InChI=1S/C16H19ClO5/c1-18-13(19-2)15-7-8-16(22-15,14(20-3)21-4)12-9-10(17)5-6-11(12)15/h5-9,13-14H,1-4H3. The SMILES string of the molecule is COC(OC)C12C=CC(C(OC)OC)(O1)c1cc(Cl)ccc12. The molecule has 0 saturated carbocycles. The molecule has 2 atom stereocenters. The second-order valence-corrected chi connectivity index (χ2v) is 5.75. The summed E-state index contributed by atoms with van der Waals surface area (Å²) in [5.41, 5.74) is 0.111. The van der Waals surface area contributed by atoms with E-state index in [1.807, 2.05) is 30.4 Å². The van der Waals surface area contributed by atoms with Gasteiger partial charge in [-0.2, -0.15) is 0 Å². The van der Waals surface area contributed by atoms with E-state index < -0.39 is 23.8 Å². The van der Waals surface area contributed by atoms with Crippen LogP contribution < -0.4 is 0 Å². The fraction of sp³-hybridized carbons (Fsp3) is 0.500. The van der Waals surface area contributed by atoms with Crippen molar-refractivity contribution in [3.05, 3.63) is 46.5 Å². The van der Waals surface area contributed by atoms with Gasteiger partial charge in [-0.1, -0.05) is 17.7 Å². The van der Waals surface area contributed by atoms with Crippen LogP contribution in [0, 0.1) is 0 Å². The van der Waals surface area contributed by atoms with Crippen molar-refractivity contribution in [2.45, 2.75) is 23.8 Å². The number of ether oxygens (including phenoxy) is 5. The molecule has 2 bridgehead atoms. The van der Waals surface area contributed by atoms with Gasteiger partial charge in [-0.05, 0) is 29.8 Å². The van der Waals surface area contributed by atoms with Crippen molar-refractivity contribution in [2.24, 2.45) is 0 Å². The van der Waals surface area contributed by atoms with Gasteiger partial charge >= 0.3 is 0 Å². The minimum Gasteiger partial charge on any atom is -0.352 e. The summed E-state index contributed by atoms with van der Waals surface area (Å²) in [5.74, 6) is 0. The largest absolute Gasteiger partial charge is 0.352 e. The van der Waals surface area contributed by atoms with E-state index in [-0.39, 0.29) is 0 Å². The summed E-state index contributed by atoms with van der Waals surface area (Å²) in [4.78, 5) is 0. The maximum absolute atomic E-state index is 6.39. The Kier molecular flexibility index (Phi) is 4.05. The van der Waals surface area contributed by atoms with Gasteiger partial charge in [0.1, 0.15) is 0 Å². The highest BCUT2D eigenvalue weighted by Crippen LogP contribution is 2.58. The Hall–Kier alpha value is -0.950. The molecule has 2 heterocycles. The summed E-state index contributed by atoms with van der Waals surface area (Å²) in [5, 5.41) is 0.621. The average molecular weight is 327 g/mol. The third-order valence-electron chi connectivity index (χ3n) is 4.30. The Bertz CT molecular complexity index is 596. The second kappa shape index (κ2) is 5.60. The molecule has 2 unspecified atom stereocenters. The molecule has 1 aromatic carbocycles. The number of fused-ring (bicyclic) bond motifs is 5. The van der Waals surface area contributed by atoms with Crippen molar-refractivity contribution in [1.29, 1.82) is 0 Å². The van der Waals surface area contributed by atoms with Crippen LogP contribution in [0.4, 0.5) is 0 Å². The van der Waals surface area contributed by atoms with Gasteiger partial charge < -0.3 is 23.7 Å². The Balaban J connectivity index is 2.20. The molecule has 2 aliphatic rings. The summed E-state index contributed by atoms with van der Waals surface area (Å²) < 4.78 is 28.3. The molecule has 3 rings (SSSR count). The molecule has 0 aromatic heterocycles. The predicted molar refractivity (Wildman–Crippen MR) is 80.6 cm³/mol. The number of benzene rings is 1. The van der Waals surface area contributed by atoms with Crippen molar-refractivity contribution >= 4 is 11.6 Å². The Morgan fingerprint density at radius 2 is 1.36 bits per heavy atom. The number of halogens is 1. The molecule has 0 N–H and O–H groups in total. The van der Waals surface area contributed by atoms with Crippen LogP contribution in [-0.4, -0.2) is 41.0 Å². The quantitative estimate of drug-likeness (QED) is 0.594. The monoisotopic (exact) mass is 326 g/mol. The molecule has 0 radical (unpaired) electrons. The van der Waals surface area contributed by atoms with Crippen molar-refractivity contribution in [1.82, 2.24) is 0 Å². The van der Waals surface area contributed by atoms with Crippen LogP contribution in [-0.2, 0) is 34.9 Å². The van der Waals surface area contributed by atoms with E-state index in [0.29, 0.717) is 5.02 Å². The zero-order valence-electron chi connectivity index (χ0n) is 13.0. The first-order valence-corrected chi connectivity index (χ1v) is 7.28. The van der Waals surface area contributed by atoms with Crippen LogP contribution in [0.3, 0.4) is 0 Å². The van der Waals surface area contributed by atoms with E-state index in [0.717, 1.165) is 11.1 Å². The highest BCUT2D eigenvalue weighted by atomic mass is 35.5. The van der Waals surface area contributed by atoms with Crippen LogP contribution in [0.1, 0.15) is 11.1 Å². The van der Waals surface area contributed by atoms with Crippen LogP contribution >= 0.6 is 11.6 Å². The van der Waals surface area contributed by atoms with Crippen molar-refractivity contribution < 1.29 is 23.7 Å². The highest BCUT2D eigenvalue weighted by Gasteiger charge is 2.63. The fourth-order valence-corrected chi connectivity index (χ4v) is 3.64. The number of hydrogen-bond acceptors (Lipinski definition) is 5. The highest BCUT2D eigenvalue weighted by molar-refractivity contribution is 6.30. The van der Waals surface area contributed by atoms with Crippen molar-refractivity contribution in [3.8, 4) is 0 Å². The van der Waals surface area contributed by atoms with Crippen LogP contribution in [0.2, 0.25) is 5.02 Å². The summed E-state index contributed by atoms with van der Waals surface area (Å²) in [6.45, 7) is 0. The predicted octanol–water partition coefficient (Wildman–Crippen LogP) is 2.57. The Morgan fingerprint density at radius 3 is 1.86 bits per heavy atom. The third-order valence-corrected chi connectivity index (χ3v) is 4.53. The molecule has 5 nitrogen and oxygen atoms in total. The van der Waals surface area contributed by atoms with E-state index in [4.69, 9.17) is 35.3 Å². The number of methoxy groups -OCH3 is 4. The van der Waals surface area contributed by atoms with Crippen LogP contribution in [0.5, 0.6) is 0 Å². The third kappa shape index (κ3) is 1.91. The van der Waals surface area contributed by atoms with Crippen LogP contribution in [0.15, 0.2) is 30.4 Å². The summed E-state index contributed by atoms with van der Waals surface area (Å²) in [6, 6.07) is 5.62. The topological polar surface area (TPSA) is 46.2 Å². The molecule has 0 amide bonds. The first-order valence-electron chi connectivity index (χ1n) is 6.90. The van der Waals surface area contributed by atoms with E-state index in [1.54, 1.807) is 28.4 Å². The van der Waals surface area contributed by atoms with Gasteiger partial charge in [0.05, 0.1) is 0 Å². The first kappa shape index (κ1) is 15.9. The molecule has 22 heavy (non-hydrogen) atoms. The smallest absolute Gasteiger partial charge is 0.194 e. The fourth-order valence-electron chi connectivity index (χ4n) is 3.47. The van der Waals surface area contributed by atoms with Crippen molar-refractivity contribution in [2.75, 3.05) is 28.4 Å². The maximum atomic E-state index is 6.39. The molecule has 0 fully saturated rings. The Labute approximate surface area is 134 Å². The lowest BCUT2D eigenvalue weighted by Crippen LogP contribution is -2.42. The van der Waals surface area contributed by atoms with Crippen molar-refractivity contribution in [3.63, 3.8) is 0 Å². The lowest BCUT2D eigenvalue weighted by atomic mass is 9.81. The first-order chi connectivity index (χ1) is 10.6. The lowest BCUT2D eigenvalue weighted by Gasteiger charge is -2.33. The molecule has 0 spiro atoms. The Morgan fingerprint density at radius 1 is 0.864 bits per heavy atom. The zero-order valence-corrected chi connectivity index (χ0v) is 13.7. The van der Waals surface area contributed by atoms with Gasteiger partial charge in [-0.15, -0.1) is 0 Å². The average Bonchev–Trinajstić information content (AvgIpc) is 3.03. The van der Waals surface area contributed by atoms with Gasteiger partial charge in [-0.25, -0.2) is 0 Å². The second-order valence-electron chi connectivity index (χ2n) is 5.32. The summed E-state index contributed by atoms with van der Waals surface area (Å²) in [7, 11) is 6.32. The van der Waals surface area contributed by atoms with E-state index in [9.17, 15) is 0 Å². The van der Waals surface area contributed by atoms with Gasteiger partial charge in [0.2, 0.25) is 0 Å². The maximum Gasteiger partial charge on any atom is 0.194 e. The normalized spacial score (nSPS) is 28.9. The van der Waals surface area contributed by atoms with Gasteiger partial charge in [0.25, 0.3) is 0 Å². The van der Waals surface area contributed by atoms with E-state index >= 15 is 0 Å². The molecule has 6 heteroatoms. The lowest BCUT2D eigenvalue weighted by molar-refractivity contribution is -0.276. The van der Waals surface area contributed by atoms with Crippen LogP contribution in [0.25, 0.3) is 0 Å². The molecule has 2 aliphatic heterocycles. The minimum absolute atomic E-state index is 0.595. The van der Waals surface area contributed by atoms with E-state index in [2.05, 4.69) is 0 Å². The molecule has 1 aromatic rings. The molecular formula is C16H19ClO5. The molecule has 120 valence electrons. The molecule has 0 saturated heterocycles. The molecular weight excluding hydrogens is 308 g/mol. The summed E-state index contributed by atoms with van der Waals surface area (Å²) in [6.07, 6.45) is 2.66. The van der Waals surface area contributed by atoms with E-state index in [1.165, 1.54) is 0 Å². The van der Waals surface area contributed by atoms with Gasteiger partial charge in [-0.3, -0.25) is 0 Å². The summed E-state index contributed by atoms with van der Waals surface area (Å²) >= 11 is 6.18. The molecule has 0 aliphatic carbocycles.